The summed E-state index contributed by atoms with van der Waals surface area (Å²) in [6, 6.07) is 9.18. The van der Waals surface area contributed by atoms with Crippen molar-refractivity contribution in [1.82, 2.24) is 9.80 Å². The standard InChI is InChI=1S/C18H31N3/c1-4-5-6-11-20(3)16-17-7-9-18(10-8-17)21-14-12-19(2)13-15-21/h7-10H,4-6,11-16H2,1-3H3. The molecule has 0 bridgehead atoms. The lowest BCUT2D eigenvalue weighted by Crippen LogP contribution is -2.44. The van der Waals surface area contributed by atoms with Crippen LogP contribution in [0.3, 0.4) is 0 Å². The SMILES string of the molecule is CCCCCN(C)Cc1ccc(N2CCN(C)CC2)cc1. The maximum Gasteiger partial charge on any atom is 0.0367 e. The van der Waals surface area contributed by atoms with Crippen LogP contribution < -0.4 is 4.90 Å². The number of unbranched alkanes of at least 4 members (excludes halogenated alkanes) is 2. The number of likely N-dealkylation sites (N-methyl/N-ethyl adjacent to an activating group) is 1. The monoisotopic (exact) mass is 289 g/mol. The van der Waals surface area contributed by atoms with E-state index < -0.39 is 0 Å². The molecule has 3 nitrogen and oxygen atoms in total. The van der Waals surface area contributed by atoms with Crippen LogP contribution in [0.15, 0.2) is 24.3 Å². The van der Waals surface area contributed by atoms with Crippen molar-refractivity contribution in [1.29, 1.82) is 0 Å². The highest BCUT2D eigenvalue weighted by Crippen LogP contribution is 2.17. The molecule has 1 saturated heterocycles. The summed E-state index contributed by atoms with van der Waals surface area (Å²) in [5.41, 5.74) is 2.80. The molecular weight excluding hydrogens is 258 g/mol. The van der Waals surface area contributed by atoms with Crippen molar-refractivity contribution in [3.8, 4) is 0 Å². The summed E-state index contributed by atoms with van der Waals surface area (Å²) in [4.78, 5) is 7.32. The Bertz CT molecular complexity index is 393. The second-order valence-corrected chi connectivity index (χ2v) is 6.40. The van der Waals surface area contributed by atoms with Crippen LogP contribution in [-0.2, 0) is 6.54 Å². The fourth-order valence-corrected chi connectivity index (χ4v) is 2.90. The molecular formula is C18H31N3. The summed E-state index contributed by atoms with van der Waals surface area (Å²) in [7, 11) is 4.43. The normalized spacial score (nSPS) is 16.7. The predicted octanol–water partition coefficient (Wildman–Crippen LogP) is 3.06. The minimum Gasteiger partial charge on any atom is -0.369 e. The molecule has 1 aliphatic rings. The second kappa shape index (κ2) is 8.40. The third-order valence-corrected chi connectivity index (χ3v) is 4.40. The Morgan fingerprint density at radius 3 is 2.29 bits per heavy atom. The molecule has 0 spiro atoms. The lowest BCUT2D eigenvalue weighted by atomic mass is 10.1. The van der Waals surface area contributed by atoms with E-state index >= 15 is 0 Å². The predicted molar refractivity (Wildman–Crippen MR) is 92.0 cm³/mol. The molecule has 0 N–H and O–H groups in total. The first-order valence-electron chi connectivity index (χ1n) is 8.40. The first kappa shape index (κ1) is 16.3. The average Bonchev–Trinajstić information content (AvgIpc) is 2.49. The second-order valence-electron chi connectivity index (χ2n) is 6.40. The van der Waals surface area contributed by atoms with Crippen molar-refractivity contribution >= 4 is 5.69 Å². The van der Waals surface area contributed by atoms with Crippen molar-refractivity contribution in [3.63, 3.8) is 0 Å². The van der Waals surface area contributed by atoms with Gasteiger partial charge in [-0.1, -0.05) is 31.9 Å². The van der Waals surface area contributed by atoms with Crippen LogP contribution in [0.25, 0.3) is 0 Å². The Hall–Kier alpha value is -1.06. The van der Waals surface area contributed by atoms with E-state index in [-0.39, 0.29) is 0 Å². The van der Waals surface area contributed by atoms with E-state index in [1.54, 1.807) is 0 Å². The number of nitrogens with zero attached hydrogens (tertiary/aromatic N) is 3. The van der Waals surface area contributed by atoms with Crippen LogP contribution >= 0.6 is 0 Å². The molecule has 2 rings (SSSR count). The minimum atomic E-state index is 1.06. The van der Waals surface area contributed by atoms with E-state index in [4.69, 9.17) is 0 Å². The molecule has 118 valence electrons. The van der Waals surface area contributed by atoms with Crippen molar-refractivity contribution in [2.45, 2.75) is 32.7 Å². The first-order valence-corrected chi connectivity index (χ1v) is 8.40. The van der Waals surface area contributed by atoms with Crippen molar-refractivity contribution in [2.24, 2.45) is 0 Å². The van der Waals surface area contributed by atoms with Crippen LogP contribution in [0.1, 0.15) is 31.7 Å². The molecule has 1 aliphatic heterocycles. The van der Waals surface area contributed by atoms with Crippen molar-refractivity contribution in [2.75, 3.05) is 51.7 Å². The van der Waals surface area contributed by atoms with Gasteiger partial charge < -0.3 is 14.7 Å². The number of piperazine rings is 1. The molecule has 1 heterocycles. The van der Waals surface area contributed by atoms with Crippen molar-refractivity contribution in [3.05, 3.63) is 29.8 Å². The van der Waals surface area contributed by atoms with Crippen LogP contribution in [-0.4, -0.2) is 56.6 Å². The van der Waals surface area contributed by atoms with Gasteiger partial charge in [-0.3, -0.25) is 0 Å². The molecule has 0 aromatic heterocycles. The minimum absolute atomic E-state index is 1.06. The molecule has 1 aromatic carbocycles. The fourth-order valence-electron chi connectivity index (χ4n) is 2.90. The van der Waals surface area contributed by atoms with Gasteiger partial charge in [-0.15, -0.1) is 0 Å². The fraction of sp³-hybridized carbons (Fsp3) is 0.667. The number of hydrogen-bond acceptors (Lipinski definition) is 3. The van der Waals surface area contributed by atoms with Crippen molar-refractivity contribution < 1.29 is 0 Å². The average molecular weight is 289 g/mol. The Morgan fingerprint density at radius 2 is 1.67 bits per heavy atom. The summed E-state index contributed by atoms with van der Waals surface area (Å²) in [6.45, 7) is 9.15. The largest absolute Gasteiger partial charge is 0.369 e. The summed E-state index contributed by atoms with van der Waals surface area (Å²) in [5, 5.41) is 0. The summed E-state index contributed by atoms with van der Waals surface area (Å²) in [5.74, 6) is 0. The highest BCUT2D eigenvalue weighted by molar-refractivity contribution is 5.48. The van der Waals surface area contributed by atoms with E-state index in [1.165, 1.54) is 50.1 Å². The van der Waals surface area contributed by atoms with E-state index in [1.807, 2.05) is 0 Å². The van der Waals surface area contributed by atoms with Crippen LogP contribution in [0, 0.1) is 0 Å². The van der Waals surface area contributed by atoms with Gasteiger partial charge in [-0.05, 0) is 44.8 Å². The molecule has 0 aliphatic carbocycles. The molecule has 0 saturated carbocycles. The van der Waals surface area contributed by atoms with Gasteiger partial charge in [0.15, 0.2) is 0 Å². The van der Waals surface area contributed by atoms with Gasteiger partial charge in [-0.25, -0.2) is 0 Å². The quantitative estimate of drug-likeness (QED) is 0.714. The molecule has 1 fully saturated rings. The molecule has 0 amide bonds. The number of rotatable bonds is 7. The first-order chi connectivity index (χ1) is 10.2. The highest BCUT2D eigenvalue weighted by atomic mass is 15.2. The zero-order valence-electron chi connectivity index (χ0n) is 14.0. The molecule has 0 unspecified atom stereocenters. The van der Waals surface area contributed by atoms with Gasteiger partial charge in [0.05, 0.1) is 0 Å². The van der Waals surface area contributed by atoms with Gasteiger partial charge in [-0.2, -0.15) is 0 Å². The van der Waals surface area contributed by atoms with Crippen LogP contribution in [0.4, 0.5) is 5.69 Å². The van der Waals surface area contributed by atoms with Crippen LogP contribution in [0.2, 0.25) is 0 Å². The summed E-state index contributed by atoms with van der Waals surface area (Å²) < 4.78 is 0. The zero-order valence-corrected chi connectivity index (χ0v) is 14.0. The smallest absolute Gasteiger partial charge is 0.0367 e. The maximum absolute atomic E-state index is 2.49. The van der Waals surface area contributed by atoms with E-state index in [2.05, 4.69) is 60.0 Å². The number of anilines is 1. The Morgan fingerprint density at radius 1 is 1.00 bits per heavy atom. The number of benzene rings is 1. The van der Waals surface area contributed by atoms with E-state index in [0.717, 1.165) is 19.6 Å². The van der Waals surface area contributed by atoms with E-state index in [9.17, 15) is 0 Å². The molecule has 0 atom stereocenters. The lowest BCUT2D eigenvalue weighted by molar-refractivity contribution is 0.312. The van der Waals surface area contributed by atoms with Gasteiger partial charge in [0.25, 0.3) is 0 Å². The molecule has 21 heavy (non-hydrogen) atoms. The molecule has 0 radical (unpaired) electrons. The topological polar surface area (TPSA) is 9.72 Å². The molecule has 1 aromatic rings. The third-order valence-electron chi connectivity index (χ3n) is 4.40. The number of hydrogen-bond donors (Lipinski definition) is 0. The Balaban J connectivity index is 1.81. The summed E-state index contributed by atoms with van der Waals surface area (Å²) in [6.07, 6.45) is 3.95. The van der Waals surface area contributed by atoms with Gasteiger partial charge >= 0.3 is 0 Å². The third kappa shape index (κ3) is 5.33. The van der Waals surface area contributed by atoms with Gasteiger partial charge in [0, 0.05) is 38.4 Å². The lowest BCUT2D eigenvalue weighted by Gasteiger charge is -2.34. The highest BCUT2D eigenvalue weighted by Gasteiger charge is 2.13. The Kier molecular flexibility index (Phi) is 6.52. The van der Waals surface area contributed by atoms with E-state index in [0.29, 0.717) is 0 Å². The van der Waals surface area contributed by atoms with Crippen LogP contribution in [0.5, 0.6) is 0 Å². The maximum atomic E-state index is 2.49. The Labute approximate surface area is 130 Å². The zero-order chi connectivity index (χ0) is 15.1. The summed E-state index contributed by atoms with van der Waals surface area (Å²) >= 11 is 0. The molecule has 3 heteroatoms. The van der Waals surface area contributed by atoms with Gasteiger partial charge in [0.2, 0.25) is 0 Å². The van der Waals surface area contributed by atoms with Gasteiger partial charge in [0.1, 0.15) is 0 Å².